The average molecular weight is 386 g/mol. The minimum atomic E-state index is -4.43. The zero-order chi connectivity index (χ0) is 20.3. The zero-order valence-corrected chi connectivity index (χ0v) is 15.2. The SMILES string of the molecule is Cc1cc(C(=O)Nc2ccc(C(F)(F)F)cc2)nc(N(C)c2ccccc2)n1. The standard InChI is InChI=1S/C20H17F3N4O/c1-13-12-17(26-19(24-13)27(2)16-6-4-3-5-7-16)18(28)25-15-10-8-14(9-11-15)20(21,22)23/h3-12H,1-2H3,(H,25,28). The molecule has 0 aliphatic heterocycles. The number of carbonyl (C=O) groups is 1. The normalized spacial score (nSPS) is 11.2. The van der Waals surface area contributed by atoms with E-state index in [2.05, 4.69) is 15.3 Å². The Labute approximate surface area is 159 Å². The number of para-hydroxylation sites is 1. The molecular formula is C20H17F3N4O. The first-order valence-corrected chi connectivity index (χ1v) is 8.37. The molecule has 0 spiro atoms. The quantitative estimate of drug-likeness (QED) is 0.698. The van der Waals surface area contributed by atoms with E-state index >= 15 is 0 Å². The second-order valence-electron chi connectivity index (χ2n) is 6.12. The monoisotopic (exact) mass is 386 g/mol. The van der Waals surface area contributed by atoms with Crippen molar-refractivity contribution >= 4 is 23.2 Å². The summed E-state index contributed by atoms with van der Waals surface area (Å²) in [4.78, 5) is 22.9. The minimum absolute atomic E-state index is 0.116. The lowest BCUT2D eigenvalue weighted by molar-refractivity contribution is -0.137. The highest BCUT2D eigenvalue weighted by atomic mass is 19.4. The van der Waals surface area contributed by atoms with Gasteiger partial charge in [0.1, 0.15) is 5.69 Å². The van der Waals surface area contributed by atoms with E-state index in [-0.39, 0.29) is 11.4 Å². The van der Waals surface area contributed by atoms with Crippen molar-refractivity contribution in [2.24, 2.45) is 0 Å². The number of hydrogen-bond donors (Lipinski definition) is 1. The van der Waals surface area contributed by atoms with Crippen LogP contribution in [0.15, 0.2) is 60.7 Å². The maximum Gasteiger partial charge on any atom is 0.416 e. The lowest BCUT2D eigenvalue weighted by Gasteiger charge is -2.18. The van der Waals surface area contributed by atoms with Crippen molar-refractivity contribution in [2.75, 3.05) is 17.3 Å². The molecule has 0 aliphatic rings. The molecule has 0 fully saturated rings. The molecule has 1 aromatic heterocycles. The van der Waals surface area contributed by atoms with Crippen LogP contribution in [0, 0.1) is 6.92 Å². The van der Waals surface area contributed by atoms with Crippen LogP contribution in [0.2, 0.25) is 0 Å². The van der Waals surface area contributed by atoms with Crippen molar-refractivity contribution in [3.8, 4) is 0 Å². The largest absolute Gasteiger partial charge is 0.416 e. The molecule has 0 atom stereocenters. The zero-order valence-electron chi connectivity index (χ0n) is 15.2. The van der Waals surface area contributed by atoms with Crippen LogP contribution in [0.1, 0.15) is 21.7 Å². The van der Waals surface area contributed by atoms with Gasteiger partial charge in [0, 0.05) is 24.1 Å². The molecule has 0 saturated heterocycles. The minimum Gasteiger partial charge on any atom is -0.321 e. The summed E-state index contributed by atoms with van der Waals surface area (Å²) in [6, 6.07) is 15.1. The first kappa shape index (κ1) is 19.3. The topological polar surface area (TPSA) is 58.1 Å². The molecule has 144 valence electrons. The number of carbonyl (C=O) groups excluding carboxylic acids is 1. The van der Waals surface area contributed by atoms with Crippen molar-refractivity contribution in [3.05, 3.63) is 77.6 Å². The van der Waals surface area contributed by atoms with Gasteiger partial charge in [-0.2, -0.15) is 13.2 Å². The highest BCUT2D eigenvalue weighted by Crippen LogP contribution is 2.30. The molecule has 0 aliphatic carbocycles. The van der Waals surface area contributed by atoms with Gasteiger partial charge in [0.15, 0.2) is 0 Å². The third-order valence-electron chi connectivity index (χ3n) is 3.99. The first-order valence-electron chi connectivity index (χ1n) is 8.37. The Hall–Kier alpha value is -3.42. The lowest BCUT2D eigenvalue weighted by Crippen LogP contribution is -2.19. The Bertz CT molecular complexity index is 973. The van der Waals surface area contributed by atoms with Gasteiger partial charge in [-0.25, -0.2) is 9.97 Å². The number of hydrogen-bond acceptors (Lipinski definition) is 4. The highest BCUT2D eigenvalue weighted by molar-refractivity contribution is 6.03. The third kappa shape index (κ3) is 4.46. The lowest BCUT2D eigenvalue weighted by atomic mass is 10.2. The number of aromatic nitrogens is 2. The van der Waals surface area contributed by atoms with E-state index in [0.29, 0.717) is 11.6 Å². The highest BCUT2D eigenvalue weighted by Gasteiger charge is 2.30. The summed E-state index contributed by atoms with van der Waals surface area (Å²) in [5, 5.41) is 2.55. The van der Waals surface area contributed by atoms with Crippen LogP contribution in [0.5, 0.6) is 0 Å². The summed E-state index contributed by atoms with van der Waals surface area (Å²) < 4.78 is 37.9. The molecule has 0 saturated carbocycles. The van der Waals surface area contributed by atoms with E-state index in [0.717, 1.165) is 17.8 Å². The molecule has 28 heavy (non-hydrogen) atoms. The predicted molar refractivity (Wildman–Crippen MR) is 101 cm³/mol. The number of halogens is 3. The number of alkyl halides is 3. The first-order chi connectivity index (χ1) is 13.2. The molecule has 1 N–H and O–H groups in total. The van der Waals surface area contributed by atoms with Gasteiger partial charge in [0.25, 0.3) is 5.91 Å². The Morgan fingerprint density at radius 1 is 1.00 bits per heavy atom. The summed E-state index contributed by atoms with van der Waals surface area (Å²) in [5.41, 5.74) is 1.01. The Balaban J connectivity index is 1.81. The van der Waals surface area contributed by atoms with Crippen molar-refractivity contribution < 1.29 is 18.0 Å². The molecular weight excluding hydrogens is 369 g/mol. The van der Waals surface area contributed by atoms with Crippen molar-refractivity contribution in [1.82, 2.24) is 9.97 Å². The molecule has 3 aromatic rings. The van der Waals surface area contributed by atoms with Crippen molar-refractivity contribution in [1.29, 1.82) is 0 Å². The summed E-state index contributed by atoms with van der Waals surface area (Å²) in [6.07, 6.45) is -4.43. The second kappa shape index (κ2) is 7.67. The summed E-state index contributed by atoms with van der Waals surface area (Å²) in [6.45, 7) is 1.74. The van der Waals surface area contributed by atoms with E-state index in [1.54, 1.807) is 18.9 Å². The Morgan fingerprint density at radius 2 is 1.64 bits per heavy atom. The van der Waals surface area contributed by atoms with Gasteiger partial charge in [-0.15, -0.1) is 0 Å². The van der Waals surface area contributed by atoms with Crippen LogP contribution in [0.25, 0.3) is 0 Å². The Kier molecular flexibility index (Phi) is 5.30. The number of benzene rings is 2. The van der Waals surface area contributed by atoms with Crippen LogP contribution in [-0.4, -0.2) is 22.9 Å². The predicted octanol–water partition coefficient (Wildman–Crippen LogP) is 4.82. The van der Waals surface area contributed by atoms with Crippen LogP contribution in [0.4, 0.5) is 30.5 Å². The van der Waals surface area contributed by atoms with Gasteiger partial charge in [-0.05, 0) is 49.4 Å². The number of nitrogens with zero attached hydrogens (tertiary/aromatic N) is 3. The third-order valence-corrected chi connectivity index (χ3v) is 3.99. The number of amides is 1. The van der Waals surface area contributed by atoms with Gasteiger partial charge >= 0.3 is 6.18 Å². The molecule has 8 heteroatoms. The fraction of sp³-hybridized carbons (Fsp3) is 0.150. The molecule has 0 radical (unpaired) electrons. The van der Waals surface area contributed by atoms with Gasteiger partial charge in [-0.1, -0.05) is 18.2 Å². The Morgan fingerprint density at radius 3 is 2.25 bits per heavy atom. The fourth-order valence-corrected chi connectivity index (χ4v) is 2.52. The van der Waals surface area contributed by atoms with Gasteiger partial charge < -0.3 is 10.2 Å². The number of anilines is 3. The average Bonchev–Trinajstić information content (AvgIpc) is 2.67. The van der Waals surface area contributed by atoms with Gasteiger partial charge in [-0.3, -0.25) is 4.79 Å². The molecule has 1 amide bonds. The van der Waals surface area contributed by atoms with E-state index in [9.17, 15) is 18.0 Å². The molecule has 3 rings (SSSR count). The maximum absolute atomic E-state index is 12.6. The second-order valence-corrected chi connectivity index (χ2v) is 6.12. The van der Waals surface area contributed by atoms with Crippen molar-refractivity contribution in [3.63, 3.8) is 0 Å². The van der Waals surface area contributed by atoms with Crippen LogP contribution in [0.3, 0.4) is 0 Å². The molecule has 0 unspecified atom stereocenters. The van der Waals surface area contributed by atoms with Crippen LogP contribution < -0.4 is 10.2 Å². The molecule has 1 heterocycles. The van der Waals surface area contributed by atoms with Crippen LogP contribution >= 0.6 is 0 Å². The van der Waals surface area contributed by atoms with E-state index in [1.165, 1.54) is 18.2 Å². The number of rotatable bonds is 4. The van der Waals surface area contributed by atoms with Gasteiger partial charge in [0.2, 0.25) is 5.95 Å². The number of aryl methyl sites for hydroxylation is 1. The van der Waals surface area contributed by atoms with E-state index in [4.69, 9.17) is 0 Å². The summed E-state index contributed by atoms with van der Waals surface area (Å²) in [5.74, 6) is -0.197. The summed E-state index contributed by atoms with van der Waals surface area (Å²) >= 11 is 0. The smallest absolute Gasteiger partial charge is 0.321 e. The molecule has 2 aromatic carbocycles. The van der Waals surface area contributed by atoms with Crippen molar-refractivity contribution in [2.45, 2.75) is 13.1 Å². The van der Waals surface area contributed by atoms with Gasteiger partial charge in [0.05, 0.1) is 5.56 Å². The molecule has 5 nitrogen and oxygen atoms in total. The maximum atomic E-state index is 12.6. The summed E-state index contributed by atoms with van der Waals surface area (Å²) in [7, 11) is 1.78. The molecule has 0 bridgehead atoms. The van der Waals surface area contributed by atoms with Crippen LogP contribution in [-0.2, 0) is 6.18 Å². The van der Waals surface area contributed by atoms with E-state index in [1.807, 2.05) is 30.3 Å². The fourth-order valence-electron chi connectivity index (χ4n) is 2.52. The van der Waals surface area contributed by atoms with E-state index < -0.39 is 17.6 Å². The number of nitrogens with one attached hydrogen (secondary N) is 1.